The van der Waals surface area contributed by atoms with E-state index in [2.05, 4.69) is 54.2 Å². The average Bonchev–Trinajstić information content (AvgIpc) is 2.89. The molecule has 0 radical (unpaired) electrons. The van der Waals surface area contributed by atoms with Crippen LogP contribution in [0.15, 0.2) is 10.7 Å². The van der Waals surface area contributed by atoms with Gasteiger partial charge in [-0.05, 0) is 36.7 Å². The average molecular weight is 377 g/mol. The van der Waals surface area contributed by atoms with E-state index in [0.717, 1.165) is 28.1 Å². The van der Waals surface area contributed by atoms with E-state index in [-0.39, 0.29) is 4.83 Å². The number of aryl methyl sites for hydroxylation is 2. The van der Waals surface area contributed by atoms with Crippen LogP contribution in [0.2, 0.25) is 0 Å². The minimum absolute atomic E-state index is 0.215. The van der Waals surface area contributed by atoms with Crippen molar-refractivity contribution in [3.8, 4) is 0 Å². The number of hydrogen-bond donors (Lipinski definition) is 0. The molecular formula is C11H15Br2N5. The molecule has 0 aromatic carbocycles. The molecule has 0 fully saturated rings. The molecule has 0 N–H and O–H groups in total. The van der Waals surface area contributed by atoms with E-state index in [1.807, 2.05) is 29.4 Å². The molecule has 0 spiro atoms. The monoisotopic (exact) mass is 375 g/mol. The van der Waals surface area contributed by atoms with Gasteiger partial charge >= 0.3 is 0 Å². The highest BCUT2D eigenvalue weighted by Crippen LogP contribution is 2.23. The van der Waals surface area contributed by atoms with Crippen LogP contribution in [0.3, 0.4) is 0 Å². The summed E-state index contributed by atoms with van der Waals surface area (Å²) in [5.74, 6) is 0. The number of halogens is 2. The molecule has 0 saturated heterocycles. The van der Waals surface area contributed by atoms with Crippen molar-refractivity contribution in [1.82, 2.24) is 24.8 Å². The van der Waals surface area contributed by atoms with E-state index in [1.165, 1.54) is 0 Å². The molecule has 0 amide bonds. The van der Waals surface area contributed by atoms with E-state index in [4.69, 9.17) is 0 Å². The fourth-order valence-corrected chi connectivity index (χ4v) is 2.37. The van der Waals surface area contributed by atoms with E-state index in [0.29, 0.717) is 6.54 Å². The molecule has 2 aromatic heterocycles. The van der Waals surface area contributed by atoms with E-state index in [9.17, 15) is 0 Å². The van der Waals surface area contributed by atoms with Gasteiger partial charge in [0.25, 0.3) is 0 Å². The highest BCUT2D eigenvalue weighted by atomic mass is 79.9. The smallest absolute Gasteiger partial charge is 0.0960 e. The first-order valence-electron chi connectivity index (χ1n) is 5.78. The summed E-state index contributed by atoms with van der Waals surface area (Å²) < 4.78 is 4.87. The summed E-state index contributed by atoms with van der Waals surface area (Å²) in [5.41, 5.74) is 3.06. The summed E-state index contributed by atoms with van der Waals surface area (Å²) in [4.78, 5) is 0.215. The van der Waals surface area contributed by atoms with Gasteiger partial charge in [0.1, 0.15) is 0 Å². The summed E-state index contributed by atoms with van der Waals surface area (Å²) in [6, 6.07) is 0. The topological polar surface area (TPSA) is 48.5 Å². The Labute approximate surface area is 123 Å². The number of aromatic nitrogens is 5. The minimum Gasteiger partial charge on any atom is -0.267 e. The van der Waals surface area contributed by atoms with Gasteiger partial charge in [0.2, 0.25) is 0 Å². The molecule has 18 heavy (non-hydrogen) atoms. The van der Waals surface area contributed by atoms with Crippen LogP contribution in [0, 0.1) is 6.92 Å². The first-order valence-corrected chi connectivity index (χ1v) is 7.49. The summed E-state index contributed by atoms with van der Waals surface area (Å²) in [7, 11) is 0. The van der Waals surface area contributed by atoms with Gasteiger partial charge in [0.05, 0.1) is 39.1 Å². The van der Waals surface area contributed by atoms with Crippen molar-refractivity contribution in [2.45, 2.75) is 38.7 Å². The number of alkyl halides is 1. The molecule has 0 aliphatic heterocycles. The van der Waals surface area contributed by atoms with Crippen molar-refractivity contribution in [3.63, 3.8) is 0 Å². The Hall–Kier alpha value is -0.690. The van der Waals surface area contributed by atoms with Crippen LogP contribution in [0.5, 0.6) is 0 Å². The molecular weight excluding hydrogens is 362 g/mol. The maximum atomic E-state index is 4.47. The van der Waals surface area contributed by atoms with Crippen molar-refractivity contribution in [2.24, 2.45) is 0 Å². The van der Waals surface area contributed by atoms with Crippen LogP contribution in [0.1, 0.15) is 35.8 Å². The van der Waals surface area contributed by atoms with Crippen LogP contribution in [-0.2, 0) is 13.1 Å². The third kappa shape index (κ3) is 2.66. The number of nitrogens with zero attached hydrogens (tertiary/aromatic N) is 5. The minimum atomic E-state index is 0.215. The second-order valence-corrected chi connectivity index (χ2v) is 6.29. The zero-order valence-electron chi connectivity index (χ0n) is 10.6. The third-order valence-corrected chi connectivity index (χ3v) is 4.23. The predicted octanol–water partition coefficient (Wildman–Crippen LogP) is 3.07. The molecule has 98 valence electrons. The Morgan fingerprint density at radius 2 is 2.17 bits per heavy atom. The first-order chi connectivity index (χ1) is 8.52. The quantitative estimate of drug-likeness (QED) is 0.770. The Morgan fingerprint density at radius 3 is 2.72 bits per heavy atom. The van der Waals surface area contributed by atoms with Gasteiger partial charge in [-0.1, -0.05) is 21.1 Å². The van der Waals surface area contributed by atoms with Gasteiger partial charge in [-0.2, -0.15) is 5.10 Å². The maximum Gasteiger partial charge on any atom is 0.0960 e. The molecule has 2 rings (SSSR count). The molecule has 0 aliphatic carbocycles. The lowest BCUT2D eigenvalue weighted by Gasteiger charge is -2.04. The van der Waals surface area contributed by atoms with Crippen molar-refractivity contribution in [3.05, 3.63) is 27.8 Å². The fourth-order valence-electron chi connectivity index (χ4n) is 1.75. The Balaban J connectivity index is 2.27. The van der Waals surface area contributed by atoms with Crippen molar-refractivity contribution in [2.75, 3.05) is 0 Å². The standard InChI is InChI=1S/C11H15Br2N5/c1-4-18-10(11(13)8(3)15-18)6-17-5-9(7(2)12)14-16-17/h5,7H,4,6H2,1-3H3. The van der Waals surface area contributed by atoms with Crippen LogP contribution in [0.25, 0.3) is 0 Å². The van der Waals surface area contributed by atoms with Gasteiger partial charge in [-0.15, -0.1) is 5.10 Å². The zero-order chi connectivity index (χ0) is 13.3. The number of rotatable bonds is 4. The molecule has 2 aromatic rings. The highest BCUT2D eigenvalue weighted by Gasteiger charge is 2.14. The normalized spacial score (nSPS) is 12.9. The fraction of sp³-hybridized carbons (Fsp3) is 0.545. The Kier molecular flexibility index (Phi) is 4.21. The van der Waals surface area contributed by atoms with Gasteiger partial charge in [-0.3, -0.25) is 4.68 Å². The van der Waals surface area contributed by atoms with Crippen molar-refractivity contribution < 1.29 is 0 Å². The van der Waals surface area contributed by atoms with E-state index >= 15 is 0 Å². The second-order valence-electron chi connectivity index (χ2n) is 4.12. The lowest BCUT2D eigenvalue weighted by atomic mass is 10.3. The lowest BCUT2D eigenvalue weighted by Crippen LogP contribution is -2.09. The van der Waals surface area contributed by atoms with Crippen LogP contribution in [0.4, 0.5) is 0 Å². The van der Waals surface area contributed by atoms with Gasteiger partial charge in [0, 0.05) is 6.54 Å². The molecule has 1 atom stereocenters. The summed E-state index contributed by atoms with van der Waals surface area (Å²) in [6.45, 7) is 7.62. The molecule has 0 aliphatic rings. The van der Waals surface area contributed by atoms with Crippen molar-refractivity contribution in [1.29, 1.82) is 0 Å². The molecule has 5 nitrogen and oxygen atoms in total. The van der Waals surface area contributed by atoms with Crippen LogP contribution >= 0.6 is 31.9 Å². The Morgan fingerprint density at radius 1 is 1.44 bits per heavy atom. The summed E-state index contributed by atoms with van der Waals surface area (Å²) >= 11 is 7.07. The van der Waals surface area contributed by atoms with Gasteiger partial charge in [-0.25, -0.2) is 4.68 Å². The second kappa shape index (κ2) is 5.52. The molecule has 2 heterocycles. The molecule has 1 unspecified atom stereocenters. The zero-order valence-corrected chi connectivity index (χ0v) is 13.7. The SMILES string of the molecule is CCn1nc(C)c(Br)c1Cn1cc(C(C)Br)nn1. The summed E-state index contributed by atoms with van der Waals surface area (Å²) in [6.07, 6.45) is 1.95. The van der Waals surface area contributed by atoms with Crippen LogP contribution < -0.4 is 0 Å². The first kappa shape index (κ1) is 13.7. The predicted molar refractivity (Wildman–Crippen MR) is 76.8 cm³/mol. The Bertz CT molecular complexity index is 544. The van der Waals surface area contributed by atoms with Gasteiger partial charge in [0.15, 0.2) is 0 Å². The summed E-state index contributed by atoms with van der Waals surface area (Å²) in [5, 5.41) is 12.7. The third-order valence-electron chi connectivity index (χ3n) is 2.73. The van der Waals surface area contributed by atoms with E-state index < -0.39 is 0 Å². The van der Waals surface area contributed by atoms with Crippen molar-refractivity contribution >= 4 is 31.9 Å². The van der Waals surface area contributed by atoms with Crippen LogP contribution in [-0.4, -0.2) is 24.8 Å². The van der Waals surface area contributed by atoms with E-state index in [1.54, 1.807) is 0 Å². The lowest BCUT2D eigenvalue weighted by molar-refractivity contribution is 0.563. The molecule has 0 saturated carbocycles. The highest BCUT2D eigenvalue weighted by molar-refractivity contribution is 9.10. The number of hydrogen-bond acceptors (Lipinski definition) is 3. The maximum absolute atomic E-state index is 4.47. The largest absolute Gasteiger partial charge is 0.267 e. The molecule has 0 bridgehead atoms. The molecule has 7 heteroatoms. The van der Waals surface area contributed by atoms with Gasteiger partial charge < -0.3 is 0 Å².